The number of diazo groups is 1. The molecule has 8 heteroatoms. The molecule has 2 aromatic rings. The summed E-state index contributed by atoms with van der Waals surface area (Å²) in [4.78, 5) is 27.4. The van der Waals surface area contributed by atoms with Gasteiger partial charge in [0.15, 0.2) is 4.98 Å². The van der Waals surface area contributed by atoms with Gasteiger partial charge in [0, 0.05) is 5.39 Å². The van der Waals surface area contributed by atoms with E-state index in [1.807, 2.05) is 0 Å². The fourth-order valence-electron chi connectivity index (χ4n) is 2.34. The van der Waals surface area contributed by atoms with Gasteiger partial charge in [-0.15, -0.1) is 0 Å². The Morgan fingerprint density at radius 3 is 2.50 bits per heavy atom. The zero-order valence-corrected chi connectivity index (χ0v) is 15.0. The molecule has 1 aromatic carbocycles. The summed E-state index contributed by atoms with van der Waals surface area (Å²) in [5.74, 6) is -1.72. The molecule has 26 heavy (non-hydrogen) atoms. The SMILES string of the molecule is CCOC(=O)/C([N+]#N)=C(\O)c1cc2ccccc2n1C(=O)OC(C)(C)C. The molecule has 2 rings (SSSR count). The lowest BCUT2D eigenvalue weighted by Crippen LogP contribution is -2.28. The summed E-state index contributed by atoms with van der Waals surface area (Å²) in [5, 5.41) is 20.3. The minimum absolute atomic E-state index is 0.0280. The Morgan fingerprint density at radius 1 is 1.27 bits per heavy atom. The van der Waals surface area contributed by atoms with Gasteiger partial charge in [0.2, 0.25) is 11.2 Å². The number of para-hydroxylation sites is 1. The Bertz CT molecular complexity index is 928. The fourth-order valence-corrected chi connectivity index (χ4v) is 2.34. The predicted octanol–water partition coefficient (Wildman–Crippen LogP) is 4.07. The number of benzene rings is 1. The van der Waals surface area contributed by atoms with Crippen molar-refractivity contribution in [3.63, 3.8) is 0 Å². The zero-order chi connectivity index (χ0) is 19.5. The average Bonchev–Trinajstić information content (AvgIpc) is 2.93. The molecule has 0 spiro atoms. The lowest BCUT2D eigenvalue weighted by atomic mass is 10.2. The van der Waals surface area contributed by atoms with Crippen molar-refractivity contribution < 1.29 is 24.2 Å². The van der Waals surface area contributed by atoms with Gasteiger partial charge in [-0.25, -0.2) is 14.2 Å². The number of esters is 1. The van der Waals surface area contributed by atoms with Gasteiger partial charge in [-0.3, -0.25) is 0 Å². The van der Waals surface area contributed by atoms with E-state index in [0.717, 1.165) is 4.57 Å². The molecule has 0 atom stereocenters. The summed E-state index contributed by atoms with van der Waals surface area (Å²) in [6.45, 7) is 6.72. The van der Waals surface area contributed by atoms with Crippen LogP contribution in [-0.4, -0.2) is 33.9 Å². The molecular formula is C18H20N3O5+. The summed E-state index contributed by atoms with van der Waals surface area (Å²) < 4.78 is 11.3. The number of aliphatic hydroxyl groups is 1. The van der Waals surface area contributed by atoms with E-state index in [-0.39, 0.29) is 12.3 Å². The molecular weight excluding hydrogens is 338 g/mol. The second kappa shape index (κ2) is 7.27. The second-order valence-electron chi connectivity index (χ2n) is 6.42. The van der Waals surface area contributed by atoms with E-state index in [0.29, 0.717) is 10.9 Å². The topological polar surface area (TPSA) is 106 Å². The third kappa shape index (κ3) is 3.83. The molecule has 0 fully saturated rings. The monoisotopic (exact) mass is 358 g/mol. The number of ether oxygens (including phenoxy) is 2. The molecule has 0 radical (unpaired) electrons. The van der Waals surface area contributed by atoms with Gasteiger partial charge in [-0.05, 0) is 39.8 Å². The molecule has 0 saturated heterocycles. The fraction of sp³-hybridized carbons (Fsp3) is 0.333. The van der Waals surface area contributed by atoms with E-state index >= 15 is 0 Å². The molecule has 0 unspecified atom stereocenters. The lowest BCUT2D eigenvalue weighted by molar-refractivity contribution is -0.138. The van der Waals surface area contributed by atoms with Gasteiger partial charge < -0.3 is 14.6 Å². The summed E-state index contributed by atoms with van der Waals surface area (Å²) in [7, 11) is 0. The molecule has 8 nitrogen and oxygen atoms in total. The molecule has 0 saturated carbocycles. The first-order valence-electron chi connectivity index (χ1n) is 7.99. The van der Waals surface area contributed by atoms with Crippen LogP contribution in [0.3, 0.4) is 0 Å². The third-order valence-corrected chi connectivity index (χ3v) is 3.32. The van der Waals surface area contributed by atoms with Crippen molar-refractivity contribution in [2.45, 2.75) is 33.3 Å². The van der Waals surface area contributed by atoms with Crippen LogP contribution in [-0.2, 0) is 14.3 Å². The maximum absolute atomic E-state index is 12.7. The Hall–Kier alpha value is -3.34. The maximum Gasteiger partial charge on any atom is 0.511 e. The molecule has 1 aromatic heterocycles. The quantitative estimate of drug-likeness (QED) is 0.384. The van der Waals surface area contributed by atoms with Crippen molar-refractivity contribution in [3.8, 4) is 0 Å². The molecule has 0 aliphatic carbocycles. The van der Waals surface area contributed by atoms with E-state index in [4.69, 9.17) is 14.9 Å². The van der Waals surface area contributed by atoms with Crippen LogP contribution in [0.15, 0.2) is 36.0 Å². The van der Waals surface area contributed by atoms with Gasteiger partial charge in [0.05, 0.1) is 12.1 Å². The van der Waals surface area contributed by atoms with E-state index in [2.05, 4.69) is 4.98 Å². The molecule has 1 N–H and O–H groups in total. The normalized spacial score (nSPS) is 12.3. The minimum atomic E-state index is -1.02. The Labute approximate surface area is 150 Å². The number of fused-ring (bicyclic) bond motifs is 1. The van der Waals surface area contributed by atoms with Gasteiger partial charge >= 0.3 is 17.8 Å². The summed E-state index contributed by atoms with van der Waals surface area (Å²) in [6, 6.07) is 8.35. The number of aliphatic hydroxyl groups excluding tert-OH is 1. The first-order valence-corrected chi connectivity index (χ1v) is 7.99. The van der Waals surface area contributed by atoms with Gasteiger partial charge in [0.25, 0.3) is 0 Å². The Kier molecular flexibility index (Phi) is 5.31. The Balaban J connectivity index is 2.71. The highest BCUT2D eigenvalue weighted by atomic mass is 16.6. The van der Waals surface area contributed by atoms with Crippen LogP contribution < -0.4 is 0 Å². The van der Waals surface area contributed by atoms with Crippen LogP contribution in [0.4, 0.5) is 4.79 Å². The number of hydrogen-bond acceptors (Lipinski definition) is 6. The minimum Gasteiger partial charge on any atom is -0.500 e. The van der Waals surface area contributed by atoms with Crippen molar-refractivity contribution >= 4 is 28.7 Å². The van der Waals surface area contributed by atoms with Crippen molar-refractivity contribution in [1.29, 1.82) is 5.39 Å². The average molecular weight is 358 g/mol. The van der Waals surface area contributed by atoms with Crippen molar-refractivity contribution in [2.75, 3.05) is 6.61 Å². The molecule has 0 bridgehead atoms. The third-order valence-electron chi connectivity index (χ3n) is 3.32. The second-order valence-corrected chi connectivity index (χ2v) is 6.42. The molecule has 0 amide bonds. The van der Waals surface area contributed by atoms with Crippen LogP contribution in [0, 0.1) is 5.39 Å². The molecule has 136 valence electrons. The van der Waals surface area contributed by atoms with E-state index in [1.54, 1.807) is 52.0 Å². The first kappa shape index (κ1) is 19.0. The summed E-state index contributed by atoms with van der Waals surface area (Å²) in [6.07, 6.45) is -0.749. The molecule has 0 aliphatic heterocycles. The highest BCUT2D eigenvalue weighted by Gasteiger charge is 2.35. The number of hydrogen-bond donors (Lipinski definition) is 1. The highest BCUT2D eigenvalue weighted by Crippen LogP contribution is 2.27. The van der Waals surface area contributed by atoms with Crippen LogP contribution in [0.5, 0.6) is 0 Å². The highest BCUT2D eigenvalue weighted by molar-refractivity contribution is 6.01. The van der Waals surface area contributed by atoms with Crippen molar-refractivity contribution in [1.82, 2.24) is 4.57 Å². The Morgan fingerprint density at radius 2 is 1.92 bits per heavy atom. The zero-order valence-electron chi connectivity index (χ0n) is 15.0. The molecule has 1 heterocycles. The van der Waals surface area contributed by atoms with E-state index in [9.17, 15) is 14.7 Å². The maximum atomic E-state index is 12.7. The van der Waals surface area contributed by atoms with Crippen LogP contribution in [0.1, 0.15) is 33.4 Å². The number of nitrogens with zero attached hydrogens (tertiary/aromatic N) is 3. The van der Waals surface area contributed by atoms with Gasteiger partial charge in [-0.1, -0.05) is 18.2 Å². The summed E-state index contributed by atoms with van der Waals surface area (Å²) in [5.41, 5.74) is -1.07. The molecule has 0 aliphatic rings. The lowest BCUT2D eigenvalue weighted by Gasteiger charge is -2.20. The van der Waals surface area contributed by atoms with Crippen LogP contribution in [0.2, 0.25) is 0 Å². The predicted molar refractivity (Wildman–Crippen MR) is 94.8 cm³/mol. The van der Waals surface area contributed by atoms with Gasteiger partial charge in [-0.2, -0.15) is 0 Å². The van der Waals surface area contributed by atoms with Gasteiger partial charge in [0.1, 0.15) is 11.3 Å². The summed E-state index contributed by atoms with van der Waals surface area (Å²) >= 11 is 0. The van der Waals surface area contributed by atoms with Crippen molar-refractivity contribution in [2.24, 2.45) is 0 Å². The number of aromatic nitrogens is 1. The number of rotatable bonds is 3. The van der Waals surface area contributed by atoms with Crippen molar-refractivity contribution in [3.05, 3.63) is 46.7 Å². The standard InChI is InChI=1S/C18H19N3O5/c1-5-25-16(23)14(20-19)15(22)13-10-11-8-6-7-9-12(11)21(13)17(24)26-18(2,3)4/h6-10H,5H2,1-4H3/p+1. The van der Waals surface area contributed by atoms with Crippen LogP contribution >= 0.6 is 0 Å². The largest absolute Gasteiger partial charge is 0.511 e. The smallest absolute Gasteiger partial charge is 0.500 e. The van der Waals surface area contributed by atoms with E-state index in [1.165, 1.54) is 6.07 Å². The number of carbonyl (C=O) groups is 2. The van der Waals surface area contributed by atoms with E-state index < -0.39 is 29.1 Å². The first-order chi connectivity index (χ1) is 12.2. The van der Waals surface area contributed by atoms with Crippen LogP contribution in [0.25, 0.3) is 21.6 Å². The number of carbonyl (C=O) groups excluding carboxylic acids is 2.